The van der Waals surface area contributed by atoms with Crippen LogP contribution in [0, 0.1) is 5.41 Å². The molecule has 2 aromatic carbocycles. The Balaban J connectivity index is 1.68. The van der Waals surface area contributed by atoms with Crippen molar-refractivity contribution >= 4 is 17.3 Å². The zero-order valence-corrected chi connectivity index (χ0v) is 15.5. The Kier molecular flexibility index (Phi) is 5.78. The average molecular weight is 353 g/mol. The lowest BCUT2D eigenvalue weighted by Crippen LogP contribution is -2.43. The van der Waals surface area contributed by atoms with Gasteiger partial charge in [-0.05, 0) is 67.7 Å². The van der Waals surface area contributed by atoms with Crippen molar-refractivity contribution in [3.05, 3.63) is 54.1 Å². The second-order valence-corrected chi connectivity index (χ2v) is 7.14. The van der Waals surface area contributed by atoms with Crippen LogP contribution < -0.4 is 20.7 Å². The van der Waals surface area contributed by atoms with E-state index in [-0.39, 0.29) is 11.3 Å². The van der Waals surface area contributed by atoms with Gasteiger partial charge in [-0.3, -0.25) is 4.79 Å². The lowest BCUT2D eigenvalue weighted by molar-refractivity contribution is 0.0923. The predicted octanol–water partition coefficient (Wildman–Crippen LogP) is 3.56. The van der Waals surface area contributed by atoms with Crippen LogP contribution in [-0.2, 0) is 0 Å². The first kappa shape index (κ1) is 18.3. The van der Waals surface area contributed by atoms with Crippen molar-refractivity contribution < 1.29 is 9.53 Å². The van der Waals surface area contributed by atoms with Gasteiger partial charge in [0.1, 0.15) is 5.75 Å². The molecule has 2 aromatic rings. The van der Waals surface area contributed by atoms with Crippen LogP contribution in [0.25, 0.3) is 0 Å². The number of methoxy groups -OCH3 is 1. The van der Waals surface area contributed by atoms with Crippen LogP contribution >= 0.6 is 0 Å². The third kappa shape index (κ3) is 4.55. The smallest absolute Gasteiger partial charge is 0.253 e. The van der Waals surface area contributed by atoms with Crippen molar-refractivity contribution in [1.82, 2.24) is 10.6 Å². The van der Waals surface area contributed by atoms with Crippen LogP contribution in [0.2, 0.25) is 0 Å². The third-order valence-electron chi connectivity index (χ3n) is 5.03. The second-order valence-electron chi connectivity index (χ2n) is 7.14. The highest BCUT2D eigenvalue weighted by Gasteiger charge is 2.27. The lowest BCUT2D eigenvalue weighted by atomic mass is 9.81. The zero-order valence-electron chi connectivity index (χ0n) is 15.5. The first-order valence-corrected chi connectivity index (χ1v) is 9.09. The number of benzene rings is 2. The number of hydrogen-bond donors (Lipinski definition) is 3. The Morgan fingerprint density at radius 2 is 1.81 bits per heavy atom. The van der Waals surface area contributed by atoms with E-state index in [0.29, 0.717) is 12.1 Å². The normalized spacial score (nSPS) is 15.9. The van der Waals surface area contributed by atoms with Gasteiger partial charge in [-0.15, -0.1) is 0 Å². The molecule has 138 valence electrons. The molecule has 1 heterocycles. The van der Waals surface area contributed by atoms with Crippen LogP contribution in [0.5, 0.6) is 5.75 Å². The molecule has 5 heteroatoms. The lowest BCUT2D eigenvalue weighted by Gasteiger charge is -2.34. The monoisotopic (exact) mass is 353 g/mol. The zero-order chi connectivity index (χ0) is 18.4. The van der Waals surface area contributed by atoms with Gasteiger partial charge in [0, 0.05) is 12.2 Å². The molecule has 0 bridgehead atoms. The van der Waals surface area contributed by atoms with E-state index < -0.39 is 0 Å². The first-order valence-electron chi connectivity index (χ1n) is 9.09. The summed E-state index contributed by atoms with van der Waals surface area (Å²) in [6.07, 6.45) is 2.16. The SMILES string of the molecule is COc1ccc(Nc2ccccc2C(=O)NCC2(C)CCNCC2)cc1. The maximum atomic E-state index is 12.8. The fourth-order valence-electron chi connectivity index (χ4n) is 3.22. The van der Waals surface area contributed by atoms with Gasteiger partial charge < -0.3 is 20.7 Å². The summed E-state index contributed by atoms with van der Waals surface area (Å²) < 4.78 is 5.18. The predicted molar refractivity (Wildman–Crippen MR) is 105 cm³/mol. The van der Waals surface area contributed by atoms with Crippen LogP contribution in [0.15, 0.2) is 48.5 Å². The minimum atomic E-state index is -0.0404. The molecule has 26 heavy (non-hydrogen) atoms. The van der Waals surface area contributed by atoms with Gasteiger partial charge in [0.25, 0.3) is 5.91 Å². The number of amides is 1. The number of piperidine rings is 1. The number of carbonyl (C=O) groups excluding carboxylic acids is 1. The molecule has 1 fully saturated rings. The van der Waals surface area contributed by atoms with E-state index in [4.69, 9.17) is 4.74 Å². The Bertz CT molecular complexity index is 737. The molecule has 3 rings (SSSR count). The van der Waals surface area contributed by atoms with Gasteiger partial charge in [0.2, 0.25) is 0 Å². The van der Waals surface area contributed by atoms with E-state index in [1.807, 2.05) is 48.5 Å². The summed E-state index contributed by atoms with van der Waals surface area (Å²) in [5.41, 5.74) is 2.53. The van der Waals surface area contributed by atoms with Gasteiger partial charge in [-0.25, -0.2) is 0 Å². The average Bonchev–Trinajstić information content (AvgIpc) is 2.68. The molecule has 0 unspecified atom stereocenters. The standard InChI is InChI=1S/C21H27N3O2/c1-21(11-13-22-14-12-21)15-23-20(25)18-5-3-4-6-19(18)24-16-7-9-17(26-2)10-8-16/h3-10,22,24H,11-15H2,1-2H3,(H,23,25). The largest absolute Gasteiger partial charge is 0.497 e. The number of para-hydroxylation sites is 1. The molecule has 0 aliphatic carbocycles. The maximum Gasteiger partial charge on any atom is 0.253 e. The molecular formula is C21H27N3O2. The highest BCUT2D eigenvalue weighted by atomic mass is 16.5. The summed E-state index contributed by atoms with van der Waals surface area (Å²) in [6.45, 7) is 4.98. The Morgan fingerprint density at radius 1 is 1.12 bits per heavy atom. The Hall–Kier alpha value is -2.53. The highest BCUT2D eigenvalue weighted by Crippen LogP contribution is 2.27. The van der Waals surface area contributed by atoms with Crippen LogP contribution in [-0.4, -0.2) is 32.7 Å². The molecule has 0 atom stereocenters. The van der Waals surface area contributed by atoms with Gasteiger partial charge in [0.15, 0.2) is 0 Å². The fraction of sp³-hybridized carbons (Fsp3) is 0.381. The van der Waals surface area contributed by atoms with Crippen molar-refractivity contribution in [3.63, 3.8) is 0 Å². The molecule has 5 nitrogen and oxygen atoms in total. The number of ether oxygens (including phenoxy) is 1. The number of hydrogen-bond acceptors (Lipinski definition) is 4. The summed E-state index contributed by atoms with van der Waals surface area (Å²) >= 11 is 0. The molecule has 0 spiro atoms. The van der Waals surface area contributed by atoms with Gasteiger partial charge in [-0.2, -0.15) is 0 Å². The molecule has 0 radical (unpaired) electrons. The van der Waals surface area contributed by atoms with Gasteiger partial charge >= 0.3 is 0 Å². The second kappa shape index (κ2) is 8.23. The van der Waals surface area contributed by atoms with E-state index in [9.17, 15) is 4.79 Å². The van der Waals surface area contributed by atoms with E-state index in [0.717, 1.165) is 43.1 Å². The molecule has 3 N–H and O–H groups in total. The number of nitrogens with one attached hydrogen (secondary N) is 3. The minimum absolute atomic E-state index is 0.0404. The molecular weight excluding hydrogens is 326 g/mol. The van der Waals surface area contributed by atoms with Gasteiger partial charge in [0.05, 0.1) is 18.4 Å². The minimum Gasteiger partial charge on any atom is -0.497 e. The van der Waals surface area contributed by atoms with Crippen molar-refractivity contribution in [1.29, 1.82) is 0 Å². The summed E-state index contributed by atoms with van der Waals surface area (Å²) in [7, 11) is 1.64. The summed E-state index contributed by atoms with van der Waals surface area (Å²) in [6, 6.07) is 15.2. The first-order chi connectivity index (χ1) is 12.6. The fourth-order valence-corrected chi connectivity index (χ4v) is 3.22. The third-order valence-corrected chi connectivity index (χ3v) is 5.03. The quantitative estimate of drug-likeness (QED) is 0.743. The number of anilines is 2. The van der Waals surface area contributed by atoms with Crippen LogP contribution in [0.4, 0.5) is 11.4 Å². The molecule has 1 aliphatic rings. The van der Waals surface area contributed by atoms with Crippen molar-refractivity contribution in [2.45, 2.75) is 19.8 Å². The van der Waals surface area contributed by atoms with Crippen LogP contribution in [0.3, 0.4) is 0 Å². The summed E-state index contributed by atoms with van der Waals surface area (Å²) in [4.78, 5) is 12.8. The molecule has 1 aliphatic heterocycles. The van der Waals surface area contributed by atoms with E-state index in [2.05, 4.69) is 22.9 Å². The van der Waals surface area contributed by atoms with E-state index in [1.54, 1.807) is 7.11 Å². The maximum absolute atomic E-state index is 12.8. The molecule has 1 saturated heterocycles. The van der Waals surface area contributed by atoms with Crippen molar-refractivity contribution in [2.75, 3.05) is 32.1 Å². The van der Waals surface area contributed by atoms with Gasteiger partial charge in [-0.1, -0.05) is 19.1 Å². The van der Waals surface area contributed by atoms with Crippen LogP contribution in [0.1, 0.15) is 30.1 Å². The molecule has 0 aromatic heterocycles. The highest BCUT2D eigenvalue weighted by molar-refractivity contribution is 6.00. The Labute approximate surface area is 155 Å². The summed E-state index contributed by atoms with van der Waals surface area (Å²) in [5, 5.41) is 9.82. The van der Waals surface area contributed by atoms with Crippen molar-refractivity contribution in [3.8, 4) is 5.75 Å². The molecule has 1 amide bonds. The molecule has 0 saturated carbocycles. The Morgan fingerprint density at radius 3 is 2.50 bits per heavy atom. The number of carbonyl (C=O) groups is 1. The number of rotatable bonds is 6. The summed E-state index contributed by atoms with van der Waals surface area (Å²) in [5.74, 6) is 0.762. The topological polar surface area (TPSA) is 62.4 Å². The van der Waals surface area contributed by atoms with E-state index in [1.165, 1.54) is 0 Å². The van der Waals surface area contributed by atoms with E-state index >= 15 is 0 Å². The van der Waals surface area contributed by atoms with Crippen molar-refractivity contribution in [2.24, 2.45) is 5.41 Å².